The van der Waals surface area contributed by atoms with E-state index in [1.54, 1.807) is 0 Å². The maximum absolute atomic E-state index is 9.00. The molecule has 0 aromatic heterocycles. The van der Waals surface area contributed by atoms with Gasteiger partial charge in [0.05, 0.1) is 0 Å². The molecule has 0 aliphatic rings. The van der Waals surface area contributed by atoms with Crippen molar-refractivity contribution in [2.24, 2.45) is 0 Å². The van der Waals surface area contributed by atoms with Gasteiger partial charge >= 0.3 is 34.1 Å². The zero-order valence-electron chi connectivity index (χ0n) is 2.04. The van der Waals surface area contributed by atoms with Gasteiger partial charge in [0, 0.05) is 0 Å². The van der Waals surface area contributed by atoms with Gasteiger partial charge in [0.25, 0.3) is 0 Å². The van der Waals surface area contributed by atoms with E-state index in [1.165, 1.54) is 0 Å². The molecule has 0 aliphatic carbocycles. The van der Waals surface area contributed by atoms with E-state index in [0.29, 0.717) is 0 Å². The van der Waals surface area contributed by atoms with Crippen LogP contribution in [-0.2, 0) is 24.3 Å². The Kier molecular flexibility index (Phi) is 1.26. The van der Waals surface area contributed by atoms with Crippen LogP contribution in [-0.4, -0.2) is 0 Å². The molecule has 0 bridgehead atoms. The molecule has 0 saturated heterocycles. The zero-order valence-corrected chi connectivity index (χ0v) is 4.86. The predicted molar refractivity (Wildman–Crippen MR) is 9.65 cm³/mol. The fourth-order valence-electron chi connectivity index (χ4n) is 0. The van der Waals surface area contributed by atoms with E-state index in [9.17, 15) is 0 Å². The molecule has 5 heteroatoms. The van der Waals surface area contributed by atoms with Crippen LogP contribution < -0.4 is 0 Å². The number of hydrogen-bond acceptors (Lipinski definition) is 4. The van der Waals surface area contributed by atoms with E-state index in [2.05, 4.69) is 9.82 Å². The molecule has 0 fully saturated rings. The van der Waals surface area contributed by atoms with E-state index >= 15 is 0 Å². The van der Waals surface area contributed by atoms with Crippen molar-refractivity contribution in [3.05, 3.63) is 0 Å². The summed E-state index contributed by atoms with van der Waals surface area (Å²) in [7, 11) is 3.35. The first-order chi connectivity index (χ1) is 2.00. The van der Waals surface area contributed by atoms with E-state index in [4.69, 9.17) is 10.2 Å². The van der Waals surface area contributed by atoms with E-state index in [-0.39, 0.29) is 0 Å². The minimum atomic E-state index is -5.19. The summed E-state index contributed by atoms with van der Waals surface area (Å²) < 4.78 is 27.0. The second kappa shape index (κ2) is 1.18. The van der Waals surface area contributed by atoms with Crippen molar-refractivity contribution in [2.75, 3.05) is 0 Å². The Morgan fingerprint density at radius 3 is 1.20 bits per heavy atom. The van der Waals surface area contributed by atoms with Gasteiger partial charge in [-0.3, -0.25) is 0 Å². The van der Waals surface area contributed by atoms with Gasteiger partial charge in [-0.15, -0.1) is 0 Å². The van der Waals surface area contributed by atoms with Crippen LogP contribution in [0.15, 0.2) is 0 Å². The Hall–Kier alpha value is 0.308. The third-order valence-corrected chi connectivity index (χ3v) is 0. The molecule has 0 saturated carbocycles. The van der Waals surface area contributed by atoms with Crippen LogP contribution in [0.4, 0.5) is 0 Å². The van der Waals surface area contributed by atoms with Crippen LogP contribution in [0.3, 0.4) is 0 Å². The fraction of sp³-hybridized carbons (Fsp3) is 0. The van der Waals surface area contributed by atoms with Gasteiger partial charge in [-0.1, -0.05) is 0 Å². The molecule has 0 N–H and O–H groups in total. The quantitative estimate of drug-likeness (QED) is 0.497. The van der Waals surface area contributed by atoms with Crippen LogP contribution in [0.1, 0.15) is 0 Å². The molecule has 5 heavy (non-hydrogen) atoms. The SMILES string of the molecule is [O]=[Mo](=[O])(=[O])=[S]. The summed E-state index contributed by atoms with van der Waals surface area (Å²) in [6.07, 6.45) is 0. The van der Waals surface area contributed by atoms with Crippen molar-refractivity contribution >= 4 is 9.82 Å². The van der Waals surface area contributed by atoms with Crippen molar-refractivity contribution in [1.29, 1.82) is 0 Å². The van der Waals surface area contributed by atoms with Crippen LogP contribution >= 0.6 is 9.82 Å². The first kappa shape index (κ1) is 5.31. The van der Waals surface area contributed by atoms with E-state index in [1.807, 2.05) is 0 Å². The van der Waals surface area contributed by atoms with Gasteiger partial charge in [-0.2, -0.15) is 0 Å². The first-order valence-electron chi connectivity index (χ1n) is 0.667. The maximum atomic E-state index is 9.00. The third kappa shape index (κ3) is 241. The Labute approximate surface area is 34.5 Å². The van der Waals surface area contributed by atoms with Gasteiger partial charge < -0.3 is 0 Å². The second-order valence-corrected chi connectivity index (χ2v) is 4.83. The van der Waals surface area contributed by atoms with Crippen molar-refractivity contribution in [1.82, 2.24) is 0 Å². The molecular weight excluding hydrogens is 176 g/mol. The second-order valence-electron chi connectivity index (χ2n) is 0.408. The standard InChI is InChI=1S/Mo.3O.S. The van der Waals surface area contributed by atoms with Crippen molar-refractivity contribution in [2.45, 2.75) is 0 Å². The predicted octanol–water partition coefficient (Wildman–Crippen LogP) is 0.289. The summed E-state index contributed by atoms with van der Waals surface area (Å²) in [5.41, 5.74) is 0. The molecule has 30 valence electrons. The molecule has 0 rings (SSSR count). The Balaban J connectivity index is 6.05. The molecule has 0 amide bonds. The zero-order chi connectivity index (χ0) is 4.50. The van der Waals surface area contributed by atoms with Gasteiger partial charge in [-0.05, 0) is 0 Å². The number of hydrogen-bond donors (Lipinski definition) is 0. The average Bonchev–Trinajstić information content (AvgIpc) is 0.722. The summed E-state index contributed by atoms with van der Waals surface area (Å²) in [6, 6.07) is 0. The Bertz CT molecular complexity index is 158. The van der Waals surface area contributed by atoms with Gasteiger partial charge in [0.2, 0.25) is 0 Å². The molecule has 0 unspecified atom stereocenters. The first-order valence-corrected chi connectivity index (χ1v) is 5.92. The van der Waals surface area contributed by atoms with Crippen molar-refractivity contribution in [3.8, 4) is 0 Å². The molecule has 0 aromatic carbocycles. The van der Waals surface area contributed by atoms with Crippen molar-refractivity contribution in [3.63, 3.8) is 0 Å². The molecule has 3 nitrogen and oxygen atoms in total. The Morgan fingerprint density at radius 1 is 1.20 bits per heavy atom. The van der Waals surface area contributed by atoms with E-state index < -0.39 is 14.1 Å². The molecule has 0 heterocycles. The topological polar surface area (TPSA) is 51.2 Å². The third-order valence-electron chi connectivity index (χ3n) is 0. The van der Waals surface area contributed by atoms with Crippen molar-refractivity contribution < 1.29 is 24.3 Å². The van der Waals surface area contributed by atoms with Gasteiger partial charge in [0.15, 0.2) is 0 Å². The average molecular weight is 176 g/mol. The summed E-state index contributed by atoms with van der Waals surface area (Å²) >= 11 is -5.19. The van der Waals surface area contributed by atoms with Crippen LogP contribution in [0.2, 0.25) is 0 Å². The summed E-state index contributed by atoms with van der Waals surface area (Å²) in [4.78, 5) is 0. The van der Waals surface area contributed by atoms with E-state index in [0.717, 1.165) is 0 Å². The number of rotatable bonds is 0. The molecule has 0 aromatic rings. The normalized spacial score (nSPS) is 8.00. The Morgan fingerprint density at radius 2 is 1.20 bits per heavy atom. The summed E-state index contributed by atoms with van der Waals surface area (Å²) in [6.45, 7) is 0. The molecular formula is MoO3S. The minimum absolute atomic E-state index is 3.35. The summed E-state index contributed by atoms with van der Waals surface area (Å²) in [5, 5.41) is 0. The monoisotopic (exact) mass is 178 g/mol. The molecule has 0 atom stereocenters. The fourth-order valence-corrected chi connectivity index (χ4v) is 0. The van der Waals surface area contributed by atoms with Crippen LogP contribution in [0.5, 0.6) is 0 Å². The molecule has 0 spiro atoms. The van der Waals surface area contributed by atoms with Gasteiger partial charge in [-0.25, -0.2) is 0 Å². The van der Waals surface area contributed by atoms with Crippen LogP contribution in [0.25, 0.3) is 0 Å². The summed E-state index contributed by atoms with van der Waals surface area (Å²) in [5.74, 6) is 0. The van der Waals surface area contributed by atoms with Gasteiger partial charge in [0.1, 0.15) is 0 Å². The molecule has 0 aliphatic heterocycles. The van der Waals surface area contributed by atoms with Crippen LogP contribution in [0, 0.1) is 0 Å². The molecule has 0 radical (unpaired) electrons.